The molecule has 1 atom stereocenters. The van der Waals surface area contributed by atoms with Gasteiger partial charge in [-0.05, 0) is 12.5 Å². The van der Waals surface area contributed by atoms with Gasteiger partial charge in [0.25, 0.3) is 5.56 Å². The number of fused-ring (bicyclic) bond motifs is 3. The van der Waals surface area contributed by atoms with Gasteiger partial charge < -0.3 is 4.57 Å². The van der Waals surface area contributed by atoms with Crippen LogP contribution < -0.4 is 5.56 Å². The first-order valence-electron chi connectivity index (χ1n) is 5.45. The van der Waals surface area contributed by atoms with Crippen LogP contribution in [-0.4, -0.2) is 9.82 Å². The van der Waals surface area contributed by atoms with Crippen molar-refractivity contribution in [2.75, 3.05) is 0 Å². The molecule has 2 heterocycles. The van der Waals surface area contributed by atoms with Gasteiger partial charge >= 0.3 is 0 Å². The Morgan fingerprint density at radius 1 is 1.38 bits per heavy atom. The Bertz CT molecular complexity index is 630. The van der Waals surface area contributed by atoms with Crippen LogP contribution in [0.2, 0.25) is 0 Å². The van der Waals surface area contributed by atoms with Crippen molar-refractivity contribution < 1.29 is 0 Å². The van der Waals surface area contributed by atoms with Crippen molar-refractivity contribution >= 4 is 22.7 Å². The molecular weight excluding hydrogens is 218 g/mol. The molecule has 2 nitrogen and oxygen atoms in total. The predicted molar refractivity (Wildman–Crippen MR) is 68.2 cm³/mol. The summed E-state index contributed by atoms with van der Waals surface area (Å²) in [4.78, 5) is 13.4. The van der Waals surface area contributed by atoms with Gasteiger partial charge in [0, 0.05) is 28.1 Å². The summed E-state index contributed by atoms with van der Waals surface area (Å²) in [6.07, 6.45) is 0.900. The van der Waals surface area contributed by atoms with E-state index in [0.29, 0.717) is 5.25 Å². The Hall–Kier alpha value is -1.22. The first-order valence-corrected chi connectivity index (χ1v) is 6.33. The molecule has 2 aromatic rings. The second kappa shape index (κ2) is 3.39. The molecule has 0 aliphatic carbocycles. The van der Waals surface area contributed by atoms with E-state index in [9.17, 15) is 4.79 Å². The van der Waals surface area contributed by atoms with Gasteiger partial charge in [-0.15, -0.1) is 11.8 Å². The monoisotopic (exact) mass is 231 g/mol. The number of para-hydroxylation sites is 1. The molecule has 0 bridgehead atoms. The molecule has 82 valence electrons. The lowest BCUT2D eigenvalue weighted by atomic mass is 10.1. The Morgan fingerprint density at radius 2 is 2.12 bits per heavy atom. The van der Waals surface area contributed by atoms with Crippen LogP contribution in [0.4, 0.5) is 0 Å². The number of aryl methyl sites for hydroxylation is 1. The minimum Gasteiger partial charge on any atom is -0.311 e. The van der Waals surface area contributed by atoms with Crippen LogP contribution in [0.25, 0.3) is 10.9 Å². The Kier molecular flexibility index (Phi) is 2.11. The summed E-state index contributed by atoms with van der Waals surface area (Å²) in [6.45, 7) is 2.18. The minimum absolute atomic E-state index is 0.172. The molecule has 3 rings (SSSR count). The van der Waals surface area contributed by atoms with E-state index in [1.165, 1.54) is 10.3 Å². The molecule has 3 heteroatoms. The van der Waals surface area contributed by atoms with Crippen molar-refractivity contribution in [3.63, 3.8) is 0 Å². The van der Waals surface area contributed by atoms with Crippen LogP contribution >= 0.6 is 11.8 Å². The van der Waals surface area contributed by atoms with Crippen LogP contribution in [0.15, 0.2) is 34.0 Å². The van der Waals surface area contributed by atoms with Crippen molar-refractivity contribution in [1.29, 1.82) is 0 Å². The minimum atomic E-state index is 0.172. The molecule has 1 unspecified atom stereocenters. The van der Waals surface area contributed by atoms with Crippen LogP contribution in [0.5, 0.6) is 0 Å². The average molecular weight is 231 g/mol. The predicted octanol–water partition coefficient (Wildman–Crippen LogP) is 2.58. The smallest absolute Gasteiger partial charge is 0.255 e. The van der Waals surface area contributed by atoms with E-state index < -0.39 is 0 Å². The van der Waals surface area contributed by atoms with E-state index in [0.717, 1.165) is 17.5 Å². The Balaban J connectivity index is 2.49. The zero-order valence-electron chi connectivity index (χ0n) is 9.36. The van der Waals surface area contributed by atoms with Crippen molar-refractivity contribution in [3.8, 4) is 0 Å². The molecule has 0 saturated heterocycles. The second-order valence-electron chi connectivity index (χ2n) is 4.32. The fraction of sp³-hybridized carbons (Fsp3) is 0.308. The highest BCUT2D eigenvalue weighted by Gasteiger charge is 2.24. The largest absolute Gasteiger partial charge is 0.311 e. The fourth-order valence-corrected chi connectivity index (χ4v) is 3.64. The van der Waals surface area contributed by atoms with Gasteiger partial charge in [-0.3, -0.25) is 4.79 Å². The van der Waals surface area contributed by atoms with E-state index in [2.05, 4.69) is 13.0 Å². The highest BCUT2D eigenvalue weighted by atomic mass is 32.2. The van der Waals surface area contributed by atoms with Crippen molar-refractivity contribution in [2.45, 2.75) is 23.5 Å². The average Bonchev–Trinajstić information content (AvgIpc) is 2.68. The highest BCUT2D eigenvalue weighted by Crippen LogP contribution is 2.39. The highest BCUT2D eigenvalue weighted by molar-refractivity contribution is 8.00. The third-order valence-corrected chi connectivity index (χ3v) is 4.43. The standard InChI is InChI=1S/C13H13NOS/c1-8-7-10-12(16-8)9-5-3-4-6-11(9)14(2)13(10)15/h3-6,8H,7H2,1-2H3. The van der Waals surface area contributed by atoms with Crippen molar-refractivity contribution in [1.82, 2.24) is 4.57 Å². The van der Waals surface area contributed by atoms with Gasteiger partial charge in [-0.25, -0.2) is 0 Å². The van der Waals surface area contributed by atoms with Gasteiger partial charge in [-0.1, -0.05) is 25.1 Å². The molecule has 0 amide bonds. The maximum absolute atomic E-state index is 12.2. The number of aromatic nitrogens is 1. The normalized spacial score (nSPS) is 19.0. The van der Waals surface area contributed by atoms with Gasteiger partial charge in [0.2, 0.25) is 0 Å². The molecule has 0 N–H and O–H groups in total. The number of hydrogen-bond donors (Lipinski definition) is 0. The lowest BCUT2D eigenvalue weighted by Gasteiger charge is -2.08. The van der Waals surface area contributed by atoms with Gasteiger partial charge in [0.15, 0.2) is 0 Å². The third kappa shape index (κ3) is 1.24. The lowest BCUT2D eigenvalue weighted by molar-refractivity contribution is 0.848. The molecule has 1 aromatic carbocycles. The summed E-state index contributed by atoms with van der Waals surface area (Å²) >= 11 is 1.83. The van der Waals surface area contributed by atoms with Crippen LogP contribution in [0.1, 0.15) is 12.5 Å². The topological polar surface area (TPSA) is 22.0 Å². The van der Waals surface area contributed by atoms with Crippen LogP contribution in [-0.2, 0) is 13.5 Å². The van der Waals surface area contributed by atoms with E-state index in [1.54, 1.807) is 4.57 Å². The summed E-state index contributed by atoms with van der Waals surface area (Å²) in [5.41, 5.74) is 2.21. The van der Waals surface area contributed by atoms with Crippen LogP contribution in [0, 0.1) is 0 Å². The molecule has 1 aromatic heterocycles. The van der Waals surface area contributed by atoms with E-state index >= 15 is 0 Å². The Morgan fingerprint density at radius 3 is 2.94 bits per heavy atom. The zero-order valence-corrected chi connectivity index (χ0v) is 10.2. The number of pyridine rings is 1. The first-order chi connectivity index (χ1) is 7.68. The quantitative estimate of drug-likeness (QED) is 0.695. The first kappa shape index (κ1) is 9.97. The number of thioether (sulfide) groups is 1. The molecule has 0 spiro atoms. The van der Waals surface area contributed by atoms with E-state index in [1.807, 2.05) is 37.0 Å². The molecule has 0 fully saturated rings. The maximum atomic E-state index is 12.2. The molecule has 0 saturated carbocycles. The summed E-state index contributed by atoms with van der Waals surface area (Å²) in [5, 5.41) is 1.74. The molecule has 1 aliphatic rings. The summed E-state index contributed by atoms with van der Waals surface area (Å²) in [5.74, 6) is 0. The van der Waals surface area contributed by atoms with Gasteiger partial charge in [-0.2, -0.15) is 0 Å². The maximum Gasteiger partial charge on any atom is 0.255 e. The molecule has 0 radical (unpaired) electrons. The second-order valence-corrected chi connectivity index (χ2v) is 5.77. The molecule has 1 aliphatic heterocycles. The van der Waals surface area contributed by atoms with Crippen LogP contribution in [0.3, 0.4) is 0 Å². The zero-order chi connectivity index (χ0) is 11.3. The number of rotatable bonds is 0. The third-order valence-electron chi connectivity index (χ3n) is 3.16. The number of benzene rings is 1. The lowest BCUT2D eigenvalue weighted by Crippen LogP contribution is -2.21. The summed E-state index contributed by atoms with van der Waals surface area (Å²) < 4.78 is 1.77. The summed E-state index contributed by atoms with van der Waals surface area (Å²) in [7, 11) is 1.86. The van der Waals surface area contributed by atoms with E-state index in [-0.39, 0.29) is 5.56 Å². The van der Waals surface area contributed by atoms with E-state index in [4.69, 9.17) is 0 Å². The number of hydrogen-bond acceptors (Lipinski definition) is 2. The van der Waals surface area contributed by atoms with Gasteiger partial charge in [0.1, 0.15) is 0 Å². The van der Waals surface area contributed by atoms with Gasteiger partial charge in [0.05, 0.1) is 5.52 Å². The summed E-state index contributed by atoms with van der Waals surface area (Å²) in [6, 6.07) is 8.15. The van der Waals surface area contributed by atoms with Crippen molar-refractivity contribution in [3.05, 3.63) is 40.2 Å². The molecular formula is C13H13NOS. The fourth-order valence-electron chi connectivity index (χ4n) is 2.37. The van der Waals surface area contributed by atoms with Crippen molar-refractivity contribution in [2.24, 2.45) is 7.05 Å². The molecule has 16 heavy (non-hydrogen) atoms. The number of nitrogens with zero attached hydrogens (tertiary/aromatic N) is 1. The SMILES string of the molecule is CC1Cc2c(c3ccccc3n(C)c2=O)S1. The Labute approximate surface area is 98.3 Å².